The maximum Gasteiger partial charge on any atom is 0.255 e. The molecular weight excluding hydrogens is 372 g/mol. The number of halogens is 1. The molecule has 0 aromatic heterocycles. The van der Waals surface area contributed by atoms with Gasteiger partial charge in [0.05, 0.1) is 25.3 Å². The van der Waals surface area contributed by atoms with Crippen LogP contribution in [0, 0.1) is 0 Å². The molecule has 1 atom stereocenters. The van der Waals surface area contributed by atoms with E-state index in [1.165, 1.54) is 19.2 Å². The first-order valence-electron chi connectivity index (χ1n) is 8.09. The van der Waals surface area contributed by atoms with Gasteiger partial charge in [-0.05, 0) is 25.1 Å². The van der Waals surface area contributed by atoms with E-state index in [-0.39, 0.29) is 40.6 Å². The lowest BCUT2D eigenvalue weighted by atomic mass is 10.1. The molecule has 2 aromatic carbocycles. The zero-order chi connectivity index (χ0) is 20.0. The normalized spacial score (nSPS) is 11.4. The average Bonchev–Trinajstić information content (AvgIpc) is 2.65. The van der Waals surface area contributed by atoms with Crippen molar-refractivity contribution in [1.29, 1.82) is 0 Å². The number of ether oxygens (including phenoxy) is 3. The molecular formula is C19H21ClN2O5. The van der Waals surface area contributed by atoms with Gasteiger partial charge in [-0.15, -0.1) is 0 Å². The number of nitrogens with one attached hydrogen (secondary N) is 1. The zero-order valence-electron chi connectivity index (χ0n) is 15.2. The Morgan fingerprint density at radius 3 is 2.44 bits per heavy atom. The first-order valence-corrected chi connectivity index (χ1v) is 8.47. The first kappa shape index (κ1) is 20.4. The standard InChI is InChI=1S/C19H21ClN2O5/c1-11(13-6-4-5-7-15(13)25-2)22-19(24)12-8-14(20)18(16(9-12)26-3)27-10-17(21)23/h4-9,11H,10H2,1-3H3,(H2,21,23)(H,22,24)/t11-/m0/s1. The van der Waals surface area contributed by atoms with Crippen LogP contribution in [0.4, 0.5) is 0 Å². The lowest BCUT2D eigenvalue weighted by Gasteiger charge is -2.18. The van der Waals surface area contributed by atoms with Crippen molar-refractivity contribution < 1.29 is 23.8 Å². The molecule has 0 aliphatic heterocycles. The third-order valence-corrected chi connectivity index (χ3v) is 4.08. The average molecular weight is 393 g/mol. The molecule has 0 saturated heterocycles. The third-order valence-electron chi connectivity index (χ3n) is 3.80. The Balaban J connectivity index is 2.23. The molecule has 8 heteroatoms. The van der Waals surface area contributed by atoms with Gasteiger partial charge in [-0.3, -0.25) is 9.59 Å². The van der Waals surface area contributed by atoms with Crippen molar-refractivity contribution in [2.45, 2.75) is 13.0 Å². The second-order valence-corrected chi connectivity index (χ2v) is 6.09. The van der Waals surface area contributed by atoms with E-state index in [4.69, 9.17) is 31.5 Å². The summed E-state index contributed by atoms with van der Waals surface area (Å²) in [6.07, 6.45) is 0. The van der Waals surface area contributed by atoms with Crippen LogP contribution in [-0.2, 0) is 4.79 Å². The molecule has 0 aliphatic carbocycles. The fourth-order valence-electron chi connectivity index (χ4n) is 2.52. The van der Waals surface area contributed by atoms with Crippen LogP contribution in [0.25, 0.3) is 0 Å². The Morgan fingerprint density at radius 1 is 1.15 bits per heavy atom. The van der Waals surface area contributed by atoms with Crippen molar-refractivity contribution in [3.05, 3.63) is 52.5 Å². The number of carbonyl (C=O) groups is 2. The van der Waals surface area contributed by atoms with E-state index in [2.05, 4.69) is 5.32 Å². The zero-order valence-corrected chi connectivity index (χ0v) is 16.0. The van der Waals surface area contributed by atoms with E-state index in [1.807, 2.05) is 31.2 Å². The Hall–Kier alpha value is -2.93. The van der Waals surface area contributed by atoms with E-state index >= 15 is 0 Å². The molecule has 0 radical (unpaired) electrons. The quantitative estimate of drug-likeness (QED) is 0.719. The van der Waals surface area contributed by atoms with Gasteiger partial charge in [0.25, 0.3) is 11.8 Å². The SMILES string of the molecule is COc1ccccc1[C@H](C)NC(=O)c1cc(Cl)c(OCC(N)=O)c(OC)c1. The minimum atomic E-state index is -0.652. The van der Waals surface area contributed by atoms with Crippen molar-refractivity contribution in [1.82, 2.24) is 5.32 Å². The van der Waals surface area contributed by atoms with Gasteiger partial charge in [-0.2, -0.15) is 0 Å². The summed E-state index contributed by atoms with van der Waals surface area (Å²) < 4.78 is 15.8. The summed E-state index contributed by atoms with van der Waals surface area (Å²) in [5.74, 6) is 0.0397. The van der Waals surface area contributed by atoms with Crippen molar-refractivity contribution in [2.75, 3.05) is 20.8 Å². The summed E-state index contributed by atoms with van der Waals surface area (Å²) in [6.45, 7) is 1.49. The lowest BCUT2D eigenvalue weighted by molar-refractivity contribution is -0.119. The van der Waals surface area contributed by atoms with Gasteiger partial charge in [0.1, 0.15) is 5.75 Å². The molecule has 0 bridgehead atoms. The van der Waals surface area contributed by atoms with Crippen LogP contribution in [0.2, 0.25) is 5.02 Å². The number of para-hydroxylation sites is 1. The second kappa shape index (κ2) is 9.14. The highest BCUT2D eigenvalue weighted by molar-refractivity contribution is 6.32. The van der Waals surface area contributed by atoms with Gasteiger partial charge in [-0.25, -0.2) is 0 Å². The maximum absolute atomic E-state index is 12.6. The Labute approximate surface area is 162 Å². The van der Waals surface area contributed by atoms with Crippen LogP contribution in [0.3, 0.4) is 0 Å². The Bertz CT molecular complexity index is 841. The van der Waals surface area contributed by atoms with Crippen LogP contribution in [0.1, 0.15) is 28.9 Å². The summed E-state index contributed by atoms with van der Waals surface area (Å²) in [7, 11) is 2.98. The molecule has 2 amide bonds. The highest BCUT2D eigenvalue weighted by Gasteiger charge is 2.19. The molecule has 0 aliphatic rings. The molecule has 7 nitrogen and oxygen atoms in total. The number of rotatable bonds is 8. The number of carbonyl (C=O) groups excluding carboxylic acids is 2. The predicted octanol–water partition coefficient (Wildman–Crippen LogP) is 2.71. The third kappa shape index (κ3) is 5.04. The smallest absolute Gasteiger partial charge is 0.255 e. The first-order chi connectivity index (χ1) is 12.9. The Kier molecular flexibility index (Phi) is 6.90. The van der Waals surface area contributed by atoms with Gasteiger partial charge >= 0.3 is 0 Å². The molecule has 2 aromatic rings. The number of benzene rings is 2. The van der Waals surface area contributed by atoms with Crippen LogP contribution in [-0.4, -0.2) is 32.6 Å². The van der Waals surface area contributed by atoms with Gasteiger partial charge < -0.3 is 25.3 Å². The summed E-state index contributed by atoms with van der Waals surface area (Å²) in [4.78, 5) is 23.6. The maximum atomic E-state index is 12.6. The fourth-order valence-corrected chi connectivity index (χ4v) is 2.78. The van der Waals surface area contributed by atoms with Gasteiger partial charge in [-0.1, -0.05) is 29.8 Å². The molecule has 0 spiro atoms. The van der Waals surface area contributed by atoms with Gasteiger partial charge in [0.2, 0.25) is 0 Å². The number of hydrogen-bond acceptors (Lipinski definition) is 5. The van der Waals surface area contributed by atoms with E-state index < -0.39 is 5.91 Å². The van der Waals surface area contributed by atoms with Crippen molar-refractivity contribution in [3.8, 4) is 17.2 Å². The molecule has 3 N–H and O–H groups in total. The van der Waals surface area contributed by atoms with Crippen LogP contribution >= 0.6 is 11.6 Å². The monoisotopic (exact) mass is 392 g/mol. The number of methoxy groups -OCH3 is 2. The summed E-state index contributed by atoms with van der Waals surface area (Å²) in [6, 6.07) is 10.0. The highest BCUT2D eigenvalue weighted by Crippen LogP contribution is 2.36. The molecule has 0 saturated carbocycles. The van der Waals surface area contributed by atoms with Crippen molar-refractivity contribution >= 4 is 23.4 Å². The van der Waals surface area contributed by atoms with Crippen LogP contribution in [0.5, 0.6) is 17.2 Å². The highest BCUT2D eigenvalue weighted by atomic mass is 35.5. The van der Waals surface area contributed by atoms with E-state index in [0.29, 0.717) is 5.75 Å². The van der Waals surface area contributed by atoms with Crippen molar-refractivity contribution in [3.63, 3.8) is 0 Å². The largest absolute Gasteiger partial charge is 0.496 e. The van der Waals surface area contributed by atoms with E-state index in [9.17, 15) is 9.59 Å². The van der Waals surface area contributed by atoms with Gasteiger partial charge in [0.15, 0.2) is 18.1 Å². The minimum absolute atomic E-state index is 0.130. The summed E-state index contributed by atoms with van der Waals surface area (Å²) in [5, 5.41) is 3.02. The minimum Gasteiger partial charge on any atom is -0.496 e. The van der Waals surface area contributed by atoms with Gasteiger partial charge in [0, 0.05) is 11.1 Å². The lowest BCUT2D eigenvalue weighted by Crippen LogP contribution is -2.27. The summed E-state index contributed by atoms with van der Waals surface area (Å²) in [5.41, 5.74) is 6.19. The Morgan fingerprint density at radius 2 is 1.81 bits per heavy atom. The number of nitrogens with two attached hydrogens (primary N) is 1. The van der Waals surface area contributed by atoms with E-state index in [0.717, 1.165) is 5.56 Å². The van der Waals surface area contributed by atoms with Crippen LogP contribution < -0.4 is 25.3 Å². The second-order valence-electron chi connectivity index (χ2n) is 5.68. The molecule has 2 rings (SSSR count). The molecule has 0 heterocycles. The number of hydrogen-bond donors (Lipinski definition) is 2. The number of amides is 2. The van der Waals surface area contributed by atoms with Crippen LogP contribution in [0.15, 0.2) is 36.4 Å². The molecule has 27 heavy (non-hydrogen) atoms. The molecule has 0 unspecified atom stereocenters. The summed E-state index contributed by atoms with van der Waals surface area (Å²) >= 11 is 6.18. The molecule has 144 valence electrons. The molecule has 0 fully saturated rings. The van der Waals surface area contributed by atoms with Crippen molar-refractivity contribution in [2.24, 2.45) is 5.73 Å². The number of primary amides is 1. The fraction of sp³-hybridized carbons (Fsp3) is 0.263. The topological polar surface area (TPSA) is 99.9 Å². The van der Waals surface area contributed by atoms with E-state index in [1.54, 1.807) is 7.11 Å². The predicted molar refractivity (Wildman–Crippen MR) is 102 cm³/mol.